The van der Waals surface area contributed by atoms with E-state index in [0.717, 1.165) is 12.8 Å². The molecule has 0 N–H and O–H groups in total. The van der Waals surface area contributed by atoms with Crippen LogP contribution in [0.3, 0.4) is 0 Å². The second kappa shape index (κ2) is 6.58. The number of allylic oxidation sites excluding steroid dienone is 2. The largest absolute Gasteiger partial charge is 0.300 e. The van der Waals surface area contributed by atoms with Crippen LogP contribution in [0.4, 0.5) is 0 Å². The van der Waals surface area contributed by atoms with Gasteiger partial charge < -0.3 is 9.59 Å². The van der Waals surface area contributed by atoms with Gasteiger partial charge >= 0.3 is 0 Å². The molecule has 0 saturated heterocycles. The van der Waals surface area contributed by atoms with E-state index >= 15 is 0 Å². The van der Waals surface area contributed by atoms with Gasteiger partial charge in [-0.2, -0.15) is 0 Å². The molecule has 0 bridgehead atoms. The molecule has 0 aromatic rings. The lowest BCUT2D eigenvalue weighted by molar-refractivity contribution is -0.117. The van der Waals surface area contributed by atoms with Gasteiger partial charge in [-0.05, 0) is 33.6 Å². The summed E-state index contributed by atoms with van der Waals surface area (Å²) < 4.78 is 0. The van der Waals surface area contributed by atoms with E-state index in [2.05, 4.69) is 0 Å². The van der Waals surface area contributed by atoms with Crippen LogP contribution in [0, 0.1) is 0 Å². The van der Waals surface area contributed by atoms with Gasteiger partial charge in [-0.1, -0.05) is 11.6 Å². The zero-order chi connectivity index (χ0) is 10.3. The summed E-state index contributed by atoms with van der Waals surface area (Å²) in [5, 5.41) is 0. The minimum absolute atomic E-state index is 0.218. The van der Waals surface area contributed by atoms with Crippen molar-refractivity contribution in [3.05, 3.63) is 11.6 Å². The van der Waals surface area contributed by atoms with Gasteiger partial charge in [-0.15, -0.1) is 0 Å². The Labute approximate surface area is 80.0 Å². The highest BCUT2D eigenvalue weighted by Crippen LogP contribution is 2.06. The van der Waals surface area contributed by atoms with Crippen LogP contribution >= 0.6 is 0 Å². The molecule has 0 aromatic carbocycles. The molecule has 2 nitrogen and oxygen atoms in total. The Hall–Kier alpha value is -0.920. The summed E-state index contributed by atoms with van der Waals surface area (Å²) in [6.07, 6.45) is 4.90. The highest BCUT2D eigenvalue weighted by molar-refractivity contribution is 5.76. The van der Waals surface area contributed by atoms with E-state index in [9.17, 15) is 9.59 Å². The molecule has 0 heterocycles. The molecule has 2 heteroatoms. The van der Waals surface area contributed by atoms with E-state index in [0.29, 0.717) is 12.8 Å². The smallest absolute Gasteiger partial charge is 0.130 e. The van der Waals surface area contributed by atoms with Crippen LogP contribution in [0.1, 0.15) is 46.5 Å². The summed E-state index contributed by atoms with van der Waals surface area (Å²) in [5.41, 5.74) is 1.21. The number of hydrogen-bond acceptors (Lipinski definition) is 2. The Morgan fingerprint density at radius 2 is 1.46 bits per heavy atom. The fourth-order valence-electron chi connectivity index (χ4n) is 0.997. The summed E-state index contributed by atoms with van der Waals surface area (Å²) in [5.74, 6) is 0.440. The maximum absolute atomic E-state index is 10.6. The molecule has 0 atom stereocenters. The molecule has 74 valence electrons. The molecule has 0 aromatic heterocycles. The number of carbonyl (C=O) groups excluding carboxylic acids is 2. The summed E-state index contributed by atoms with van der Waals surface area (Å²) in [6.45, 7) is 5.20. The molecule has 0 saturated carbocycles. The number of hydrogen-bond donors (Lipinski definition) is 0. The van der Waals surface area contributed by atoms with E-state index in [1.54, 1.807) is 13.8 Å². The van der Waals surface area contributed by atoms with Crippen LogP contribution < -0.4 is 0 Å². The van der Waals surface area contributed by atoms with Crippen LogP contribution in [0.2, 0.25) is 0 Å². The van der Waals surface area contributed by atoms with Crippen molar-refractivity contribution in [2.45, 2.75) is 46.5 Å². The van der Waals surface area contributed by atoms with Crippen molar-refractivity contribution >= 4 is 11.6 Å². The Morgan fingerprint density at radius 1 is 0.923 bits per heavy atom. The Morgan fingerprint density at radius 3 is 1.92 bits per heavy atom. The summed E-state index contributed by atoms with van der Waals surface area (Å²) in [6, 6.07) is 0. The number of Topliss-reactive ketones (excluding diaryl/α,β-unsaturated/α-hetero) is 2. The molecule has 0 aliphatic carbocycles. The first kappa shape index (κ1) is 12.1. The lowest BCUT2D eigenvalue weighted by atomic mass is 10.1. The number of rotatable bonds is 6. The number of ketones is 2. The standard InChI is InChI=1S/C11H18O2/c1-9(7-8-11(3)13)5-4-6-10(2)12/h5H,4,6-8H2,1-3H3. The molecule has 0 fully saturated rings. The fourth-order valence-corrected chi connectivity index (χ4v) is 0.997. The molecule has 13 heavy (non-hydrogen) atoms. The van der Waals surface area contributed by atoms with Crippen LogP contribution in [-0.2, 0) is 9.59 Å². The Balaban J connectivity index is 3.63. The van der Waals surface area contributed by atoms with E-state index in [1.165, 1.54) is 5.57 Å². The average Bonchev–Trinajstić information content (AvgIpc) is 2.00. The quantitative estimate of drug-likeness (QED) is 0.592. The van der Waals surface area contributed by atoms with Crippen molar-refractivity contribution in [2.75, 3.05) is 0 Å². The molecule has 0 aliphatic rings. The second-order valence-corrected chi connectivity index (χ2v) is 3.49. The van der Waals surface area contributed by atoms with Crippen LogP contribution in [0.25, 0.3) is 0 Å². The zero-order valence-electron chi connectivity index (χ0n) is 8.72. The van der Waals surface area contributed by atoms with Crippen LogP contribution in [0.5, 0.6) is 0 Å². The normalized spacial score (nSPS) is 11.5. The van der Waals surface area contributed by atoms with E-state index in [-0.39, 0.29) is 11.6 Å². The van der Waals surface area contributed by atoms with Crippen LogP contribution in [-0.4, -0.2) is 11.6 Å². The van der Waals surface area contributed by atoms with E-state index in [1.807, 2.05) is 13.0 Å². The first-order valence-corrected chi connectivity index (χ1v) is 4.67. The van der Waals surface area contributed by atoms with Crippen molar-refractivity contribution in [1.29, 1.82) is 0 Å². The molecule has 0 radical (unpaired) electrons. The molecular formula is C11H18O2. The minimum atomic E-state index is 0.218. The van der Waals surface area contributed by atoms with Crippen molar-refractivity contribution in [2.24, 2.45) is 0 Å². The van der Waals surface area contributed by atoms with Gasteiger partial charge in [0.2, 0.25) is 0 Å². The lowest BCUT2D eigenvalue weighted by Gasteiger charge is -1.98. The fraction of sp³-hybridized carbons (Fsp3) is 0.636. The maximum atomic E-state index is 10.6. The second-order valence-electron chi connectivity index (χ2n) is 3.49. The van der Waals surface area contributed by atoms with E-state index in [4.69, 9.17) is 0 Å². The molecule has 0 amide bonds. The van der Waals surface area contributed by atoms with Crippen LogP contribution in [0.15, 0.2) is 11.6 Å². The first-order valence-electron chi connectivity index (χ1n) is 4.67. The summed E-state index contributed by atoms with van der Waals surface area (Å²) in [4.78, 5) is 21.3. The van der Waals surface area contributed by atoms with Gasteiger partial charge in [0.25, 0.3) is 0 Å². The maximum Gasteiger partial charge on any atom is 0.130 e. The van der Waals surface area contributed by atoms with Gasteiger partial charge in [0.05, 0.1) is 0 Å². The van der Waals surface area contributed by atoms with Crippen molar-refractivity contribution in [3.63, 3.8) is 0 Å². The first-order chi connectivity index (χ1) is 6.02. The van der Waals surface area contributed by atoms with Gasteiger partial charge in [0.1, 0.15) is 11.6 Å². The summed E-state index contributed by atoms with van der Waals surface area (Å²) >= 11 is 0. The van der Waals surface area contributed by atoms with Crippen molar-refractivity contribution < 1.29 is 9.59 Å². The van der Waals surface area contributed by atoms with Gasteiger partial charge in [0.15, 0.2) is 0 Å². The molecule has 0 rings (SSSR count). The predicted octanol–water partition coefficient (Wildman–Crippen LogP) is 2.67. The Bertz CT molecular complexity index is 214. The summed E-state index contributed by atoms with van der Waals surface area (Å²) in [7, 11) is 0. The third kappa shape index (κ3) is 8.99. The Kier molecular flexibility index (Phi) is 6.11. The topological polar surface area (TPSA) is 34.1 Å². The highest BCUT2D eigenvalue weighted by Gasteiger charge is 1.95. The third-order valence-corrected chi connectivity index (χ3v) is 1.86. The molecule has 0 unspecified atom stereocenters. The van der Waals surface area contributed by atoms with Crippen molar-refractivity contribution in [3.8, 4) is 0 Å². The minimum Gasteiger partial charge on any atom is -0.300 e. The molecular weight excluding hydrogens is 164 g/mol. The third-order valence-electron chi connectivity index (χ3n) is 1.86. The lowest BCUT2D eigenvalue weighted by Crippen LogP contribution is -1.91. The molecule has 0 spiro atoms. The van der Waals surface area contributed by atoms with Gasteiger partial charge in [0, 0.05) is 12.8 Å². The number of carbonyl (C=O) groups is 2. The van der Waals surface area contributed by atoms with Gasteiger partial charge in [-0.3, -0.25) is 0 Å². The molecule has 0 aliphatic heterocycles. The van der Waals surface area contributed by atoms with Gasteiger partial charge in [-0.25, -0.2) is 0 Å². The van der Waals surface area contributed by atoms with E-state index < -0.39 is 0 Å². The zero-order valence-corrected chi connectivity index (χ0v) is 8.72. The van der Waals surface area contributed by atoms with Crippen molar-refractivity contribution in [1.82, 2.24) is 0 Å². The monoisotopic (exact) mass is 182 g/mol. The predicted molar refractivity (Wildman–Crippen MR) is 53.6 cm³/mol. The SMILES string of the molecule is CC(=O)CCC=C(C)CCC(C)=O. The highest BCUT2D eigenvalue weighted by atomic mass is 16.1. The average molecular weight is 182 g/mol.